The molecular formula is C11H17ClN2. The lowest BCUT2D eigenvalue weighted by Gasteiger charge is -2.24. The van der Waals surface area contributed by atoms with Gasteiger partial charge < -0.3 is 10.6 Å². The summed E-state index contributed by atoms with van der Waals surface area (Å²) < 4.78 is 0. The van der Waals surface area contributed by atoms with Crippen molar-refractivity contribution in [2.24, 2.45) is 0 Å². The average Bonchev–Trinajstić information content (AvgIpc) is 2.21. The molecule has 0 amide bonds. The highest BCUT2D eigenvalue weighted by Crippen LogP contribution is 2.12. The summed E-state index contributed by atoms with van der Waals surface area (Å²) in [6.45, 7) is 2.29. The van der Waals surface area contributed by atoms with Gasteiger partial charge in [0.2, 0.25) is 0 Å². The molecule has 0 atom stereocenters. The quantitative estimate of drug-likeness (QED) is 0.786. The zero-order valence-corrected chi connectivity index (χ0v) is 9.02. The van der Waals surface area contributed by atoms with E-state index in [4.69, 9.17) is 0 Å². The molecule has 3 heteroatoms. The molecule has 2 nitrogen and oxygen atoms in total. The van der Waals surface area contributed by atoms with Crippen LogP contribution in [0.25, 0.3) is 0 Å². The molecule has 1 aromatic rings. The maximum Gasteiger partial charge on any atom is 0.0342 e. The fourth-order valence-electron chi connectivity index (χ4n) is 1.74. The minimum absolute atomic E-state index is 0. The van der Waals surface area contributed by atoms with Gasteiger partial charge in [0, 0.05) is 11.7 Å². The van der Waals surface area contributed by atoms with E-state index in [2.05, 4.69) is 34.9 Å². The molecule has 2 rings (SSSR count). The second-order valence-electron chi connectivity index (χ2n) is 3.53. The summed E-state index contributed by atoms with van der Waals surface area (Å²) in [4.78, 5) is 0. The molecule has 0 radical (unpaired) electrons. The van der Waals surface area contributed by atoms with Crippen LogP contribution in [0.5, 0.6) is 0 Å². The maximum atomic E-state index is 3.54. The second kappa shape index (κ2) is 5.89. The van der Waals surface area contributed by atoms with E-state index in [1.54, 1.807) is 0 Å². The highest BCUT2D eigenvalue weighted by Gasteiger charge is 2.11. The Balaban J connectivity index is 0.000000980. The lowest BCUT2D eigenvalue weighted by atomic mass is 10.1. The van der Waals surface area contributed by atoms with Crippen molar-refractivity contribution in [2.45, 2.75) is 18.9 Å². The maximum absolute atomic E-state index is 3.54. The first kappa shape index (κ1) is 11.3. The first-order chi connectivity index (χ1) is 6.45. The van der Waals surface area contributed by atoms with Crippen LogP contribution in [0, 0.1) is 0 Å². The molecule has 1 aliphatic heterocycles. The number of hydrogen-bond acceptors (Lipinski definition) is 2. The molecule has 0 bridgehead atoms. The number of hydrogen-bond donors (Lipinski definition) is 2. The van der Waals surface area contributed by atoms with E-state index >= 15 is 0 Å². The summed E-state index contributed by atoms with van der Waals surface area (Å²) in [5.41, 5.74) is 1.24. The van der Waals surface area contributed by atoms with Gasteiger partial charge in [0.15, 0.2) is 0 Å². The summed E-state index contributed by atoms with van der Waals surface area (Å²) in [6, 6.07) is 11.1. The third-order valence-electron chi connectivity index (χ3n) is 2.48. The number of para-hydroxylation sites is 1. The standard InChI is InChI=1S/C11H16N2.ClH/c1-2-4-10(5-3-1)13-11-6-8-12-9-7-11;/h1-5,11-13H,6-9H2;1H. The molecule has 0 unspecified atom stereocenters. The molecule has 78 valence electrons. The Hall–Kier alpha value is -0.730. The molecule has 0 aromatic heterocycles. The first-order valence-corrected chi connectivity index (χ1v) is 4.97. The molecule has 0 saturated carbocycles. The predicted molar refractivity (Wildman–Crippen MR) is 63.2 cm³/mol. The van der Waals surface area contributed by atoms with Gasteiger partial charge in [-0.2, -0.15) is 0 Å². The van der Waals surface area contributed by atoms with E-state index < -0.39 is 0 Å². The number of piperidine rings is 1. The molecule has 1 fully saturated rings. The molecule has 14 heavy (non-hydrogen) atoms. The monoisotopic (exact) mass is 212 g/mol. The molecule has 0 aliphatic carbocycles. The minimum Gasteiger partial charge on any atom is -0.382 e. The van der Waals surface area contributed by atoms with Crippen molar-refractivity contribution in [3.05, 3.63) is 30.3 Å². The van der Waals surface area contributed by atoms with Crippen LogP contribution in [-0.2, 0) is 0 Å². The third kappa shape index (κ3) is 3.20. The van der Waals surface area contributed by atoms with Crippen molar-refractivity contribution >= 4 is 18.1 Å². The van der Waals surface area contributed by atoms with Gasteiger partial charge in [0.1, 0.15) is 0 Å². The summed E-state index contributed by atoms with van der Waals surface area (Å²) in [5.74, 6) is 0. The molecule has 0 spiro atoms. The Morgan fingerprint density at radius 1 is 1.07 bits per heavy atom. The zero-order chi connectivity index (χ0) is 8.93. The SMILES string of the molecule is Cl.c1ccc(NC2CCNCC2)cc1. The van der Waals surface area contributed by atoms with Crippen LogP contribution in [0.4, 0.5) is 5.69 Å². The molecule has 1 heterocycles. The molecular weight excluding hydrogens is 196 g/mol. The van der Waals surface area contributed by atoms with Crippen LogP contribution in [0.2, 0.25) is 0 Å². The van der Waals surface area contributed by atoms with Crippen LogP contribution >= 0.6 is 12.4 Å². The van der Waals surface area contributed by atoms with Crippen molar-refractivity contribution in [2.75, 3.05) is 18.4 Å². The average molecular weight is 213 g/mol. The van der Waals surface area contributed by atoms with Crippen molar-refractivity contribution in [1.29, 1.82) is 0 Å². The van der Waals surface area contributed by atoms with Crippen molar-refractivity contribution in [3.63, 3.8) is 0 Å². The Bertz CT molecular complexity index is 245. The topological polar surface area (TPSA) is 24.1 Å². The summed E-state index contributed by atoms with van der Waals surface area (Å²) in [7, 11) is 0. The number of rotatable bonds is 2. The van der Waals surface area contributed by atoms with Crippen molar-refractivity contribution in [3.8, 4) is 0 Å². The van der Waals surface area contributed by atoms with Gasteiger partial charge in [0.25, 0.3) is 0 Å². The van der Waals surface area contributed by atoms with Gasteiger partial charge in [-0.25, -0.2) is 0 Å². The lowest BCUT2D eigenvalue weighted by Crippen LogP contribution is -2.35. The van der Waals surface area contributed by atoms with Gasteiger partial charge in [0.05, 0.1) is 0 Å². The van der Waals surface area contributed by atoms with Crippen LogP contribution in [-0.4, -0.2) is 19.1 Å². The zero-order valence-electron chi connectivity index (χ0n) is 8.20. The fourth-order valence-corrected chi connectivity index (χ4v) is 1.74. The number of anilines is 1. The summed E-state index contributed by atoms with van der Waals surface area (Å²) in [5, 5.41) is 6.90. The number of halogens is 1. The van der Waals surface area contributed by atoms with E-state index in [0.717, 1.165) is 13.1 Å². The Labute approximate surface area is 91.5 Å². The summed E-state index contributed by atoms with van der Waals surface area (Å²) in [6.07, 6.45) is 2.46. The fraction of sp³-hybridized carbons (Fsp3) is 0.455. The van der Waals surface area contributed by atoms with Crippen molar-refractivity contribution in [1.82, 2.24) is 5.32 Å². The van der Waals surface area contributed by atoms with Gasteiger partial charge in [-0.3, -0.25) is 0 Å². The lowest BCUT2D eigenvalue weighted by molar-refractivity contribution is 0.479. The van der Waals surface area contributed by atoms with Gasteiger partial charge in [-0.05, 0) is 38.1 Å². The van der Waals surface area contributed by atoms with Crippen LogP contribution in [0.3, 0.4) is 0 Å². The smallest absolute Gasteiger partial charge is 0.0342 e. The minimum atomic E-state index is 0. The van der Waals surface area contributed by atoms with Crippen LogP contribution in [0.1, 0.15) is 12.8 Å². The third-order valence-corrected chi connectivity index (χ3v) is 2.48. The van der Waals surface area contributed by atoms with Crippen molar-refractivity contribution < 1.29 is 0 Å². The molecule has 1 aliphatic rings. The predicted octanol–water partition coefficient (Wildman–Crippen LogP) is 2.27. The Morgan fingerprint density at radius 3 is 2.36 bits per heavy atom. The highest BCUT2D eigenvalue weighted by molar-refractivity contribution is 5.85. The van der Waals surface area contributed by atoms with E-state index in [1.165, 1.54) is 18.5 Å². The molecule has 1 aromatic carbocycles. The largest absolute Gasteiger partial charge is 0.382 e. The number of benzene rings is 1. The first-order valence-electron chi connectivity index (χ1n) is 4.97. The Morgan fingerprint density at radius 2 is 1.71 bits per heavy atom. The van der Waals surface area contributed by atoms with Crippen LogP contribution in [0.15, 0.2) is 30.3 Å². The highest BCUT2D eigenvalue weighted by atomic mass is 35.5. The van der Waals surface area contributed by atoms with Gasteiger partial charge in [-0.15, -0.1) is 12.4 Å². The van der Waals surface area contributed by atoms with Gasteiger partial charge >= 0.3 is 0 Å². The molecule has 1 saturated heterocycles. The Kier molecular flexibility index (Phi) is 4.77. The number of nitrogens with one attached hydrogen (secondary N) is 2. The van der Waals surface area contributed by atoms with E-state index in [9.17, 15) is 0 Å². The van der Waals surface area contributed by atoms with E-state index in [0.29, 0.717) is 6.04 Å². The van der Waals surface area contributed by atoms with Gasteiger partial charge in [-0.1, -0.05) is 18.2 Å². The second-order valence-corrected chi connectivity index (χ2v) is 3.53. The van der Waals surface area contributed by atoms with Crippen LogP contribution < -0.4 is 10.6 Å². The molecule has 2 N–H and O–H groups in total. The van der Waals surface area contributed by atoms with E-state index in [1.807, 2.05) is 6.07 Å². The van der Waals surface area contributed by atoms with E-state index in [-0.39, 0.29) is 12.4 Å². The normalized spacial score (nSPS) is 17.1. The summed E-state index contributed by atoms with van der Waals surface area (Å²) >= 11 is 0.